The molecule has 1 aliphatic rings. The number of hydrogen-bond acceptors (Lipinski definition) is 3. The number of rotatable bonds is 3. The van der Waals surface area contributed by atoms with Gasteiger partial charge in [-0.25, -0.2) is 0 Å². The lowest BCUT2D eigenvalue weighted by Crippen LogP contribution is -2.33. The summed E-state index contributed by atoms with van der Waals surface area (Å²) >= 11 is 3.35. The van der Waals surface area contributed by atoms with Crippen molar-refractivity contribution in [3.8, 4) is 6.07 Å². The lowest BCUT2D eigenvalue weighted by molar-refractivity contribution is -0.128. The highest BCUT2D eigenvalue weighted by Crippen LogP contribution is 2.20. The first kappa shape index (κ1) is 12.9. The van der Waals surface area contributed by atoms with E-state index in [9.17, 15) is 4.79 Å². The van der Waals surface area contributed by atoms with Gasteiger partial charge in [0.2, 0.25) is 5.91 Å². The standard InChI is InChI=1S/C13H14BrN3O/c14-11-4-3-10(8-15)12(7-11)16-9-13(18)17-5-1-2-6-17/h3-4,7,16H,1-2,5-6,9H2. The largest absolute Gasteiger partial charge is 0.375 e. The molecular formula is C13H14BrN3O. The van der Waals surface area contributed by atoms with Crippen LogP contribution in [0.2, 0.25) is 0 Å². The van der Waals surface area contributed by atoms with Crippen LogP contribution < -0.4 is 5.32 Å². The fourth-order valence-corrected chi connectivity index (χ4v) is 2.37. The second kappa shape index (κ2) is 5.87. The molecule has 1 amide bonds. The number of nitrogens with zero attached hydrogens (tertiary/aromatic N) is 2. The Morgan fingerprint density at radius 1 is 1.44 bits per heavy atom. The predicted octanol–water partition coefficient (Wildman–Crippen LogP) is 2.36. The number of nitrogens with one attached hydrogen (secondary N) is 1. The first-order chi connectivity index (χ1) is 8.70. The van der Waals surface area contributed by atoms with Gasteiger partial charge >= 0.3 is 0 Å². The van der Waals surface area contributed by atoms with Crippen LogP contribution in [0.1, 0.15) is 18.4 Å². The van der Waals surface area contributed by atoms with Crippen molar-refractivity contribution in [3.05, 3.63) is 28.2 Å². The van der Waals surface area contributed by atoms with Crippen molar-refractivity contribution < 1.29 is 4.79 Å². The fourth-order valence-electron chi connectivity index (χ4n) is 2.01. The first-order valence-electron chi connectivity index (χ1n) is 5.92. The summed E-state index contributed by atoms with van der Waals surface area (Å²) in [6.07, 6.45) is 2.18. The quantitative estimate of drug-likeness (QED) is 0.932. The van der Waals surface area contributed by atoms with Crippen molar-refractivity contribution in [1.82, 2.24) is 4.90 Å². The van der Waals surface area contributed by atoms with Crippen LogP contribution in [0.15, 0.2) is 22.7 Å². The number of carbonyl (C=O) groups is 1. The Kier molecular flexibility index (Phi) is 4.21. The number of halogens is 1. The van der Waals surface area contributed by atoms with Crippen molar-refractivity contribution in [1.29, 1.82) is 5.26 Å². The van der Waals surface area contributed by atoms with Gasteiger partial charge in [0.05, 0.1) is 17.8 Å². The number of hydrogen-bond donors (Lipinski definition) is 1. The SMILES string of the molecule is N#Cc1ccc(Br)cc1NCC(=O)N1CCCC1. The maximum atomic E-state index is 11.9. The Morgan fingerprint density at radius 2 is 2.17 bits per heavy atom. The molecule has 2 rings (SSSR count). The third kappa shape index (κ3) is 3.02. The van der Waals surface area contributed by atoms with E-state index in [-0.39, 0.29) is 12.5 Å². The van der Waals surface area contributed by atoms with Crippen molar-refractivity contribution in [2.75, 3.05) is 25.0 Å². The Bertz CT molecular complexity index is 489. The van der Waals surface area contributed by atoms with Gasteiger partial charge in [-0.2, -0.15) is 5.26 Å². The lowest BCUT2D eigenvalue weighted by Gasteiger charge is -2.16. The summed E-state index contributed by atoms with van der Waals surface area (Å²) in [5.74, 6) is 0.0939. The molecule has 1 N–H and O–H groups in total. The van der Waals surface area contributed by atoms with E-state index in [0.717, 1.165) is 30.4 Å². The Morgan fingerprint density at radius 3 is 2.83 bits per heavy atom. The summed E-state index contributed by atoms with van der Waals surface area (Å²) < 4.78 is 0.887. The molecule has 1 aromatic rings. The second-order valence-electron chi connectivity index (χ2n) is 4.24. The fraction of sp³-hybridized carbons (Fsp3) is 0.385. The van der Waals surface area contributed by atoms with Crippen molar-refractivity contribution in [2.24, 2.45) is 0 Å². The molecule has 0 atom stereocenters. The number of carbonyl (C=O) groups excluding carboxylic acids is 1. The van der Waals surface area contributed by atoms with Gasteiger partial charge in [0.25, 0.3) is 0 Å². The van der Waals surface area contributed by atoms with E-state index in [1.165, 1.54) is 0 Å². The van der Waals surface area contributed by atoms with E-state index >= 15 is 0 Å². The average Bonchev–Trinajstić information content (AvgIpc) is 2.90. The van der Waals surface area contributed by atoms with Crippen molar-refractivity contribution >= 4 is 27.5 Å². The number of nitriles is 1. The summed E-state index contributed by atoms with van der Waals surface area (Å²) in [4.78, 5) is 13.7. The van der Waals surface area contributed by atoms with Gasteiger partial charge in [-0.15, -0.1) is 0 Å². The van der Waals surface area contributed by atoms with Crippen LogP contribution in [0.3, 0.4) is 0 Å². The van der Waals surface area contributed by atoms with Crippen LogP contribution in [0.25, 0.3) is 0 Å². The van der Waals surface area contributed by atoms with Gasteiger partial charge in [0.15, 0.2) is 0 Å². The molecule has 0 aromatic heterocycles. The van der Waals surface area contributed by atoms with E-state index in [1.54, 1.807) is 6.07 Å². The zero-order valence-corrected chi connectivity index (χ0v) is 11.5. The molecule has 0 bridgehead atoms. The number of amides is 1. The maximum Gasteiger partial charge on any atom is 0.241 e. The summed E-state index contributed by atoms with van der Waals surface area (Å²) in [6, 6.07) is 7.46. The number of likely N-dealkylation sites (tertiary alicyclic amines) is 1. The zero-order valence-electron chi connectivity index (χ0n) is 9.95. The van der Waals surface area contributed by atoms with E-state index < -0.39 is 0 Å². The van der Waals surface area contributed by atoms with Crippen LogP contribution in [0.4, 0.5) is 5.69 Å². The Labute approximate surface area is 115 Å². The summed E-state index contributed by atoms with van der Waals surface area (Å²) in [7, 11) is 0. The molecule has 1 fully saturated rings. The van der Waals surface area contributed by atoms with E-state index in [0.29, 0.717) is 11.3 Å². The predicted molar refractivity (Wildman–Crippen MR) is 73.2 cm³/mol. The Balaban J connectivity index is 1.99. The molecule has 4 nitrogen and oxygen atoms in total. The zero-order chi connectivity index (χ0) is 13.0. The van der Waals surface area contributed by atoms with Crippen LogP contribution in [-0.2, 0) is 4.79 Å². The van der Waals surface area contributed by atoms with Crippen LogP contribution in [0.5, 0.6) is 0 Å². The molecule has 1 aliphatic heterocycles. The molecule has 0 radical (unpaired) electrons. The van der Waals surface area contributed by atoms with Gasteiger partial charge in [-0.3, -0.25) is 4.79 Å². The maximum absolute atomic E-state index is 11.9. The number of anilines is 1. The van der Waals surface area contributed by atoms with E-state index in [1.807, 2.05) is 17.0 Å². The topological polar surface area (TPSA) is 56.1 Å². The molecular weight excluding hydrogens is 294 g/mol. The third-order valence-corrected chi connectivity index (χ3v) is 3.48. The van der Waals surface area contributed by atoms with Gasteiger partial charge in [0, 0.05) is 17.6 Å². The molecule has 5 heteroatoms. The average molecular weight is 308 g/mol. The number of benzene rings is 1. The first-order valence-corrected chi connectivity index (χ1v) is 6.71. The van der Waals surface area contributed by atoms with Crippen LogP contribution >= 0.6 is 15.9 Å². The van der Waals surface area contributed by atoms with Gasteiger partial charge < -0.3 is 10.2 Å². The molecule has 1 aromatic carbocycles. The molecule has 1 saturated heterocycles. The van der Waals surface area contributed by atoms with Crippen molar-refractivity contribution in [3.63, 3.8) is 0 Å². The minimum Gasteiger partial charge on any atom is -0.375 e. The summed E-state index contributed by atoms with van der Waals surface area (Å²) in [6.45, 7) is 1.94. The molecule has 94 valence electrons. The van der Waals surface area contributed by atoms with E-state index in [4.69, 9.17) is 5.26 Å². The van der Waals surface area contributed by atoms with Gasteiger partial charge in [-0.05, 0) is 31.0 Å². The molecule has 0 spiro atoms. The minimum atomic E-state index is 0.0939. The summed E-state index contributed by atoms with van der Waals surface area (Å²) in [5.41, 5.74) is 1.24. The third-order valence-electron chi connectivity index (χ3n) is 2.99. The van der Waals surface area contributed by atoms with E-state index in [2.05, 4.69) is 27.3 Å². The highest BCUT2D eigenvalue weighted by molar-refractivity contribution is 9.10. The normalized spacial score (nSPS) is 14.3. The van der Waals surface area contributed by atoms with Crippen LogP contribution in [-0.4, -0.2) is 30.4 Å². The van der Waals surface area contributed by atoms with Crippen LogP contribution in [0, 0.1) is 11.3 Å². The highest BCUT2D eigenvalue weighted by atomic mass is 79.9. The molecule has 1 heterocycles. The Hall–Kier alpha value is -1.54. The monoisotopic (exact) mass is 307 g/mol. The highest BCUT2D eigenvalue weighted by Gasteiger charge is 2.17. The molecule has 0 unspecified atom stereocenters. The molecule has 0 aliphatic carbocycles. The lowest BCUT2D eigenvalue weighted by atomic mass is 10.2. The molecule has 0 saturated carbocycles. The summed E-state index contributed by atoms with van der Waals surface area (Å²) in [5, 5.41) is 12.0. The van der Waals surface area contributed by atoms with Gasteiger partial charge in [-0.1, -0.05) is 15.9 Å². The second-order valence-corrected chi connectivity index (χ2v) is 5.16. The van der Waals surface area contributed by atoms with Gasteiger partial charge in [0.1, 0.15) is 6.07 Å². The minimum absolute atomic E-state index is 0.0939. The smallest absolute Gasteiger partial charge is 0.241 e. The van der Waals surface area contributed by atoms with Crippen molar-refractivity contribution in [2.45, 2.75) is 12.8 Å². The molecule has 18 heavy (non-hydrogen) atoms.